The summed E-state index contributed by atoms with van der Waals surface area (Å²) in [6.45, 7) is 4.29. The number of nitrogens with two attached hydrogens (primary N) is 2. The number of anilines is 2. The average molecular weight is 533 g/mol. The molecule has 0 saturated heterocycles. The first-order valence-corrected chi connectivity index (χ1v) is 15.3. The fourth-order valence-electron chi connectivity index (χ4n) is 5.64. The number of nitrogen functional groups attached to an aromatic ring is 2. The van der Waals surface area contributed by atoms with E-state index in [0.717, 1.165) is 24.2 Å². The molecule has 0 amide bonds. The van der Waals surface area contributed by atoms with Gasteiger partial charge in [-0.15, -0.1) is 0 Å². The topological polar surface area (TPSA) is 52.0 Å². The van der Waals surface area contributed by atoms with Gasteiger partial charge < -0.3 is 11.5 Å². The van der Waals surface area contributed by atoms with Crippen LogP contribution < -0.4 is 11.5 Å². The van der Waals surface area contributed by atoms with E-state index in [2.05, 4.69) is 86.6 Å². The van der Waals surface area contributed by atoms with Gasteiger partial charge in [0, 0.05) is 11.4 Å². The number of rotatable bonds is 15. The lowest BCUT2D eigenvalue weighted by Crippen LogP contribution is -1.95. The van der Waals surface area contributed by atoms with Gasteiger partial charge in [0.25, 0.3) is 0 Å². The Bertz CT molecular complexity index is 1210. The molecule has 2 heteroatoms. The first kappa shape index (κ1) is 29.5. The molecule has 0 aliphatic heterocycles. The number of aryl methyl sites for hydroxylation is 4. The summed E-state index contributed by atoms with van der Waals surface area (Å²) in [5, 5.41) is 0. The van der Waals surface area contributed by atoms with Crippen molar-refractivity contribution in [1.29, 1.82) is 0 Å². The van der Waals surface area contributed by atoms with Gasteiger partial charge in [0.1, 0.15) is 0 Å². The summed E-state index contributed by atoms with van der Waals surface area (Å²) in [5.41, 5.74) is 24.4. The second kappa shape index (κ2) is 15.3. The zero-order valence-electron chi connectivity index (χ0n) is 24.7. The predicted molar refractivity (Wildman–Crippen MR) is 174 cm³/mol. The molecule has 0 unspecified atom stereocenters. The predicted octanol–water partition coefficient (Wildman–Crippen LogP) is 9.56. The van der Waals surface area contributed by atoms with E-state index in [1.807, 2.05) is 12.1 Å². The van der Waals surface area contributed by atoms with Crippen LogP contribution in [0, 0.1) is 13.8 Å². The van der Waals surface area contributed by atoms with E-state index >= 15 is 0 Å². The van der Waals surface area contributed by atoms with Crippen LogP contribution in [-0.4, -0.2) is 0 Å². The molecule has 0 bridgehead atoms. The SMILES string of the molecule is Cc1cc(N)ccc1Cc1ccc(CCCCCCCCCCc2ccc(Cc3ccc(N)cc3C)cc2)cc1. The highest BCUT2D eigenvalue weighted by atomic mass is 14.5. The monoisotopic (exact) mass is 532 g/mol. The maximum Gasteiger partial charge on any atom is 0.0316 e. The third-order valence-electron chi connectivity index (χ3n) is 8.25. The number of benzene rings is 4. The van der Waals surface area contributed by atoms with E-state index in [-0.39, 0.29) is 0 Å². The Labute approximate surface area is 242 Å². The Morgan fingerprint density at radius 3 is 1.07 bits per heavy atom. The summed E-state index contributed by atoms with van der Waals surface area (Å²) < 4.78 is 0. The Hall–Kier alpha value is -3.52. The van der Waals surface area contributed by atoms with E-state index in [9.17, 15) is 0 Å². The van der Waals surface area contributed by atoms with Crippen LogP contribution >= 0.6 is 0 Å². The van der Waals surface area contributed by atoms with Crippen molar-refractivity contribution in [2.45, 2.75) is 90.9 Å². The quantitative estimate of drug-likeness (QED) is 0.118. The molecule has 0 aromatic heterocycles. The number of unbranched alkanes of at least 4 members (excludes halogenated alkanes) is 7. The van der Waals surface area contributed by atoms with Crippen molar-refractivity contribution in [3.8, 4) is 0 Å². The molecule has 210 valence electrons. The minimum atomic E-state index is 0.843. The summed E-state index contributed by atoms with van der Waals surface area (Å²) >= 11 is 0. The van der Waals surface area contributed by atoms with Gasteiger partial charge in [0.2, 0.25) is 0 Å². The van der Waals surface area contributed by atoms with Gasteiger partial charge in [-0.05, 0) is 121 Å². The molecule has 0 aliphatic rings. The molecule has 0 fully saturated rings. The van der Waals surface area contributed by atoms with Crippen molar-refractivity contribution < 1.29 is 0 Å². The highest BCUT2D eigenvalue weighted by Crippen LogP contribution is 2.20. The molecule has 0 saturated carbocycles. The van der Waals surface area contributed by atoms with Crippen LogP contribution in [-0.2, 0) is 25.7 Å². The van der Waals surface area contributed by atoms with Gasteiger partial charge in [0.05, 0.1) is 0 Å². The maximum atomic E-state index is 5.89. The molecule has 0 radical (unpaired) electrons. The first-order chi connectivity index (χ1) is 19.5. The number of hydrogen-bond acceptors (Lipinski definition) is 2. The van der Waals surface area contributed by atoms with Crippen LogP contribution in [0.4, 0.5) is 11.4 Å². The molecule has 40 heavy (non-hydrogen) atoms. The van der Waals surface area contributed by atoms with Crippen molar-refractivity contribution >= 4 is 11.4 Å². The average Bonchev–Trinajstić information content (AvgIpc) is 2.94. The van der Waals surface area contributed by atoms with E-state index in [4.69, 9.17) is 11.5 Å². The second-order valence-electron chi connectivity index (χ2n) is 11.7. The third-order valence-corrected chi connectivity index (χ3v) is 8.25. The van der Waals surface area contributed by atoms with Crippen molar-refractivity contribution in [1.82, 2.24) is 0 Å². The van der Waals surface area contributed by atoms with Crippen molar-refractivity contribution in [3.63, 3.8) is 0 Å². The molecule has 4 aromatic carbocycles. The molecule has 0 aliphatic carbocycles. The molecular formula is C38H48N2. The largest absolute Gasteiger partial charge is 0.399 e. The lowest BCUT2D eigenvalue weighted by molar-refractivity contribution is 0.567. The minimum absolute atomic E-state index is 0.843. The maximum absolute atomic E-state index is 5.89. The standard InChI is InChI=1S/C38H48N2/c1-29-25-37(39)23-21-35(29)27-33-17-13-31(14-18-33)11-9-7-5-3-4-6-8-10-12-32-15-19-34(20-16-32)28-36-22-24-38(40)26-30(36)2/h13-26H,3-12,27-28,39-40H2,1-2H3. The van der Waals surface area contributed by atoms with E-state index in [1.165, 1.54) is 109 Å². The Morgan fingerprint density at radius 2 is 0.725 bits per heavy atom. The van der Waals surface area contributed by atoms with Gasteiger partial charge in [-0.1, -0.05) is 99.2 Å². The molecule has 0 heterocycles. The highest BCUT2D eigenvalue weighted by molar-refractivity contribution is 5.46. The Morgan fingerprint density at radius 1 is 0.400 bits per heavy atom. The Kier molecular flexibility index (Phi) is 11.3. The van der Waals surface area contributed by atoms with E-state index < -0.39 is 0 Å². The molecule has 0 spiro atoms. The van der Waals surface area contributed by atoms with Gasteiger partial charge >= 0.3 is 0 Å². The fraction of sp³-hybridized carbons (Fsp3) is 0.368. The van der Waals surface area contributed by atoms with Crippen LogP contribution in [0.25, 0.3) is 0 Å². The second-order valence-corrected chi connectivity index (χ2v) is 11.7. The molecule has 2 nitrogen and oxygen atoms in total. The summed E-state index contributed by atoms with van der Waals surface area (Å²) in [6, 6.07) is 30.9. The minimum Gasteiger partial charge on any atom is -0.399 e. The lowest BCUT2D eigenvalue weighted by atomic mass is 9.98. The molecule has 4 aromatic rings. The fourth-order valence-corrected chi connectivity index (χ4v) is 5.64. The molecular weight excluding hydrogens is 484 g/mol. The van der Waals surface area contributed by atoms with Crippen molar-refractivity contribution in [2.24, 2.45) is 0 Å². The van der Waals surface area contributed by atoms with Gasteiger partial charge in [-0.25, -0.2) is 0 Å². The van der Waals surface area contributed by atoms with Crippen molar-refractivity contribution in [3.05, 3.63) is 129 Å². The van der Waals surface area contributed by atoms with Crippen LogP contribution in [0.3, 0.4) is 0 Å². The first-order valence-electron chi connectivity index (χ1n) is 15.3. The highest BCUT2D eigenvalue weighted by Gasteiger charge is 2.03. The summed E-state index contributed by atoms with van der Waals surface area (Å²) in [4.78, 5) is 0. The lowest BCUT2D eigenvalue weighted by Gasteiger charge is -2.08. The van der Waals surface area contributed by atoms with Crippen LogP contribution in [0.1, 0.15) is 95.9 Å². The molecule has 0 atom stereocenters. The third kappa shape index (κ3) is 9.59. The summed E-state index contributed by atoms with van der Waals surface area (Å²) in [7, 11) is 0. The van der Waals surface area contributed by atoms with E-state index in [0.29, 0.717) is 0 Å². The van der Waals surface area contributed by atoms with Crippen LogP contribution in [0.5, 0.6) is 0 Å². The number of hydrogen-bond donors (Lipinski definition) is 2. The van der Waals surface area contributed by atoms with Crippen molar-refractivity contribution in [2.75, 3.05) is 11.5 Å². The van der Waals surface area contributed by atoms with Gasteiger partial charge in [-0.2, -0.15) is 0 Å². The summed E-state index contributed by atoms with van der Waals surface area (Å²) in [5.74, 6) is 0. The van der Waals surface area contributed by atoms with Gasteiger partial charge in [-0.3, -0.25) is 0 Å². The zero-order valence-corrected chi connectivity index (χ0v) is 24.7. The molecule has 4 N–H and O–H groups in total. The van der Waals surface area contributed by atoms with Crippen LogP contribution in [0.2, 0.25) is 0 Å². The van der Waals surface area contributed by atoms with Gasteiger partial charge in [0.15, 0.2) is 0 Å². The van der Waals surface area contributed by atoms with Crippen LogP contribution in [0.15, 0.2) is 84.9 Å². The Balaban J connectivity index is 1.02. The smallest absolute Gasteiger partial charge is 0.0316 e. The summed E-state index contributed by atoms with van der Waals surface area (Å²) in [6.07, 6.45) is 15.1. The normalized spacial score (nSPS) is 11.2. The van der Waals surface area contributed by atoms with E-state index in [1.54, 1.807) is 0 Å². The molecule has 4 rings (SSSR count). The zero-order chi connectivity index (χ0) is 28.2.